The van der Waals surface area contributed by atoms with E-state index < -0.39 is 58.0 Å². The van der Waals surface area contributed by atoms with E-state index in [1.165, 1.54) is 12.4 Å². The van der Waals surface area contributed by atoms with Gasteiger partial charge in [0, 0.05) is 12.8 Å². The highest BCUT2D eigenvalue weighted by Gasteiger charge is 2.34. The third-order valence-corrected chi connectivity index (χ3v) is 5.08. The molecule has 1 saturated heterocycles. The molecule has 7 nitrogen and oxygen atoms in total. The number of hydrogen-bond acceptors (Lipinski definition) is 6. The molecular weight excluding hydrogens is 427 g/mol. The molecule has 1 aromatic carbocycles. The van der Waals surface area contributed by atoms with E-state index in [2.05, 4.69) is 9.97 Å². The quantitative estimate of drug-likeness (QED) is 0.627. The number of aromatic nitrogens is 2. The first-order valence-electron chi connectivity index (χ1n) is 9.81. The van der Waals surface area contributed by atoms with Gasteiger partial charge in [0.1, 0.15) is 23.6 Å². The molecule has 1 amide bonds. The van der Waals surface area contributed by atoms with Gasteiger partial charge in [0.2, 0.25) is 0 Å². The van der Waals surface area contributed by atoms with Gasteiger partial charge in [-0.25, -0.2) is 18.2 Å². The Morgan fingerprint density at radius 2 is 1.81 bits per heavy atom. The fourth-order valence-corrected chi connectivity index (χ4v) is 3.53. The second kappa shape index (κ2) is 8.83. The van der Waals surface area contributed by atoms with E-state index in [-0.39, 0.29) is 0 Å². The summed E-state index contributed by atoms with van der Waals surface area (Å²) in [6.45, 7) is 0.383. The van der Waals surface area contributed by atoms with Crippen LogP contribution in [0.5, 0.6) is 11.5 Å². The summed E-state index contributed by atoms with van der Waals surface area (Å²) in [6.07, 6.45) is 4.14. The fraction of sp³-hybridized carbons (Fsp3) is 0.227. The maximum atomic E-state index is 14.7. The number of anilines is 1. The van der Waals surface area contributed by atoms with Gasteiger partial charge in [-0.15, -0.1) is 0 Å². The van der Waals surface area contributed by atoms with Crippen LogP contribution in [-0.2, 0) is 4.74 Å². The third-order valence-electron chi connectivity index (χ3n) is 5.08. The van der Waals surface area contributed by atoms with Crippen molar-refractivity contribution in [2.24, 2.45) is 0 Å². The number of rotatable bonds is 4. The number of benzene rings is 1. The molecule has 3 aromatic rings. The summed E-state index contributed by atoms with van der Waals surface area (Å²) in [5, 5.41) is 20.4. The highest BCUT2D eigenvalue weighted by Crippen LogP contribution is 2.39. The van der Waals surface area contributed by atoms with E-state index >= 15 is 0 Å². The lowest BCUT2D eigenvalue weighted by Crippen LogP contribution is -2.44. The summed E-state index contributed by atoms with van der Waals surface area (Å²) in [4.78, 5) is 22.3. The average Bonchev–Trinajstić information content (AvgIpc) is 2.80. The van der Waals surface area contributed by atoms with Crippen LogP contribution >= 0.6 is 0 Å². The first kappa shape index (κ1) is 21.6. The molecule has 1 aliphatic rings. The lowest BCUT2D eigenvalue weighted by molar-refractivity contribution is 0.0142. The second-order valence-corrected chi connectivity index (χ2v) is 7.12. The molecule has 1 fully saturated rings. The Balaban J connectivity index is 1.87. The molecule has 10 heteroatoms. The molecule has 32 heavy (non-hydrogen) atoms. The predicted molar refractivity (Wildman–Crippen MR) is 108 cm³/mol. The zero-order valence-electron chi connectivity index (χ0n) is 16.6. The molecule has 1 aliphatic heterocycles. The van der Waals surface area contributed by atoms with Crippen LogP contribution in [0.4, 0.5) is 18.9 Å². The van der Waals surface area contributed by atoms with E-state index in [0.717, 1.165) is 35.9 Å². The first-order valence-corrected chi connectivity index (χ1v) is 9.81. The topological polar surface area (TPSA) is 95.8 Å². The number of carbonyl (C=O) groups is 1. The number of hydrogen-bond donors (Lipinski definition) is 2. The van der Waals surface area contributed by atoms with Gasteiger partial charge >= 0.3 is 0 Å². The number of halogens is 3. The number of pyridine rings is 2. The summed E-state index contributed by atoms with van der Waals surface area (Å²) in [7, 11) is 0. The van der Waals surface area contributed by atoms with Gasteiger partial charge in [0.25, 0.3) is 5.91 Å². The molecule has 2 aromatic heterocycles. The molecule has 2 N–H and O–H groups in total. The SMILES string of the molecule is O=C(c1nc(-c2c(F)cccc2F)c(F)c(O)c1O)N(c1cccnc1)C1CCCCO1. The van der Waals surface area contributed by atoms with Crippen LogP contribution in [0.1, 0.15) is 29.8 Å². The van der Waals surface area contributed by atoms with Crippen LogP contribution in [-0.4, -0.2) is 38.9 Å². The standard InChI is InChI=1S/C22H18F3N3O4/c23-13-6-3-7-14(24)16(13)18-17(25)20(29)21(30)19(27-18)22(31)28(12-5-4-9-26-11-12)15-8-1-2-10-32-15/h3-7,9,11,15,30H,1-2,8,10H2,(H,27,29). The Morgan fingerprint density at radius 3 is 2.44 bits per heavy atom. The molecule has 0 saturated carbocycles. The van der Waals surface area contributed by atoms with Gasteiger partial charge in [-0.2, -0.15) is 0 Å². The summed E-state index contributed by atoms with van der Waals surface area (Å²) in [5.74, 6) is -7.34. The smallest absolute Gasteiger partial charge is 0.283 e. The first-order chi connectivity index (χ1) is 15.4. The van der Waals surface area contributed by atoms with Crippen LogP contribution < -0.4 is 4.90 Å². The van der Waals surface area contributed by atoms with Crippen LogP contribution in [0.3, 0.4) is 0 Å². The Labute approximate surface area is 180 Å². The molecule has 3 heterocycles. The van der Waals surface area contributed by atoms with Crippen molar-refractivity contribution in [1.29, 1.82) is 0 Å². The third kappa shape index (κ3) is 3.84. The minimum Gasteiger partial charge on any atom is -0.503 e. The lowest BCUT2D eigenvalue weighted by Gasteiger charge is -2.34. The van der Waals surface area contributed by atoms with Crippen LogP contribution in [0.15, 0.2) is 42.7 Å². The van der Waals surface area contributed by atoms with Crippen molar-refractivity contribution < 1.29 is 32.9 Å². The minimum absolute atomic E-state index is 0.299. The molecule has 4 rings (SSSR count). The molecule has 0 aliphatic carbocycles. The van der Waals surface area contributed by atoms with Gasteiger partial charge in [0.15, 0.2) is 23.0 Å². The molecule has 0 radical (unpaired) electrons. The van der Waals surface area contributed by atoms with E-state index in [1.54, 1.807) is 12.1 Å². The molecule has 166 valence electrons. The minimum atomic E-state index is -1.56. The predicted octanol–water partition coefficient (Wildman–Crippen LogP) is 4.15. The Hall–Kier alpha value is -3.66. The van der Waals surface area contributed by atoms with Crippen molar-refractivity contribution in [2.45, 2.75) is 25.5 Å². The van der Waals surface area contributed by atoms with Crippen molar-refractivity contribution in [3.05, 3.63) is 65.9 Å². The van der Waals surface area contributed by atoms with Crippen LogP contribution in [0.2, 0.25) is 0 Å². The van der Waals surface area contributed by atoms with E-state index in [9.17, 15) is 28.2 Å². The lowest BCUT2D eigenvalue weighted by atomic mass is 10.1. The van der Waals surface area contributed by atoms with Crippen LogP contribution in [0, 0.1) is 17.5 Å². The zero-order chi connectivity index (χ0) is 22.8. The summed E-state index contributed by atoms with van der Waals surface area (Å²) >= 11 is 0. The van der Waals surface area contributed by atoms with Crippen molar-refractivity contribution in [1.82, 2.24) is 9.97 Å². The summed E-state index contributed by atoms with van der Waals surface area (Å²) < 4.78 is 48.9. The van der Waals surface area contributed by atoms with Gasteiger partial charge in [0.05, 0.1) is 17.4 Å². The second-order valence-electron chi connectivity index (χ2n) is 7.12. The molecule has 0 spiro atoms. The van der Waals surface area contributed by atoms with E-state index in [1.807, 2.05) is 0 Å². The summed E-state index contributed by atoms with van der Waals surface area (Å²) in [6, 6.07) is 5.98. The highest BCUT2D eigenvalue weighted by atomic mass is 19.1. The Kier molecular flexibility index (Phi) is 5.95. The fourth-order valence-electron chi connectivity index (χ4n) is 3.53. The van der Waals surface area contributed by atoms with Gasteiger partial charge in [-0.3, -0.25) is 14.7 Å². The normalized spacial score (nSPS) is 16.0. The highest BCUT2D eigenvalue weighted by molar-refractivity contribution is 6.07. The van der Waals surface area contributed by atoms with Gasteiger partial charge < -0.3 is 14.9 Å². The van der Waals surface area contributed by atoms with Crippen LogP contribution in [0.25, 0.3) is 11.3 Å². The number of ether oxygens (including phenoxy) is 1. The Bertz CT molecular complexity index is 1130. The molecule has 0 bridgehead atoms. The van der Waals surface area contributed by atoms with Crippen molar-refractivity contribution in [3.8, 4) is 22.8 Å². The van der Waals surface area contributed by atoms with E-state index in [4.69, 9.17) is 4.74 Å². The Morgan fingerprint density at radius 1 is 1.06 bits per heavy atom. The number of nitrogens with zero attached hydrogens (tertiary/aromatic N) is 3. The zero-order valence-corrected chi connectivity index (χ0v) is 16.6. The van der Waals surface area contributed by atoms with Crippen molar-refractivity contribution >= 4 is 11.6 Å². The summed E-state index contributed by atoms with van der Waals surface area (Å²) in [5.41, 5.74) is -2.32. The molecule has 1 unspecified atom stereocenters. The average molecular weight is 445 g/mol. The maximum Gasteiger partial charge on any atom is 0.283 e. The number of aromatic hydroxyl groups is 2. The number of carbonyl (C=O) groups excluding carboxylic acids is 1. The van der Waals surface area contributed by atoms with Gasteiger partial charge in [-0.1, -0.05) is 6.07 Å². The number of amides is 1. The maximum absolute atomic E-state index is 14.7. The van der Waals surface area contributed by atoms with Crippen molar-refractivity contribution in [2.75, 3.05) is 11.5 Å². The molecular formula is C22H18F3N3O4. The monoisotopic (exact) mass is 445 g/mol. The van der Waals surface area contributed by atoms with Crippen molar-refractivity contribution in [3.63, 3.8) is 0 Å². The molecule has 1 atom stereocenters. The van der Waals surface area contributed by atoms with E-state index in [0.29, 0.717) is 18.7 Å². The largest absolute Gasteiger partial charge is 0.503 e. The van der Waals surface area contributed by atoms with Gasteiger partial charge in [-0.05, 0) is 43.5 Å².